The molecule has 1 aliphatic rings. The number of benzene rings is 1. The van der Waals surface area contributed by atoms with Crippen LogP contribution in [0.15, 0.2) is 29.3 Å². The van der Waals surface area contributed by atoms with Gasteiger partial charge in [0.05, 0.1) is 24.2 Å². The molecule has 1 saturated heterocycles. The summed E-state index contributed by atoms with van der Waals surface area (Å²) in [5, 5.41) is 3.38. The van der Waals surface area contributed by atoms with E-state index in [-0.39, 0.29) is 6.09 Å². The Balaban J connectivity index is 1.58. The molecule has 1 amide bonds. The molecule has 0 unspecified atom stereocenters. The van der Waals surface area contributed by atoms with Crippen molar-refractivity contribution in [2.75, 3.05) is 39.8 Å². The highest BCUT2D eigenvalue weighted by Gasteiger charge is 2.23. The zero-order valence-electron chi connectivity index (χ0n) is 15.6. The van der Waals surface area contributed by atoms with E-state index in [0.29, 0.717) is 26.2 Å². The summed E-state index contributed by atoms with van der Waals surface area (Å²) in [4.78, 5) is 24.7. The number of hydrogen-bond donors (Lipinski definition) is 1. The molecule has 2 aromatic rings. The number of fused-ring (bicyclic) bond motifs is 1. The third kappa shape index (κ3) is 3.74. The summed E-state index contributed by atoms with van der Waals surface area (Å²) < 4.78 is 7.15. The molecule has 0 saturated carbocycles. The first-order valence-electron chi connectivity index (χ1n) is 8.91. The Labute approximate surface area is 153 Å². The number of piperazine rings is 1. The molecule has 0 spiro atoms. The Hall–Kier alpha value is -2.77. The van der Waals surface area contributed by atoms with Crippen LogP contribution < -0.4 is 5.32 Å². The fourth-order valence-electron chi connectivity index (χ4n) is 3.16. The number of ether oxygens (including phenoxy) is 1. The van der Waals surface area contributed by atoms with Crippen molar-refractivity contribution in [2.45, 2.75) is 13.5 Å². The van der Waals surface area contributed by atoms with Crippen molar-refractivity contribution in [3.8, 4) is 0 Å². The van der Waals surface area contributed by atoms with E-state index in [0.717, 1.165) is 35.9 Å². The molecule has 2 heterocycles. The van der Waals surface area contributed by atoms with Gasteiger partial charge in [-0.25, -0.2) is 9.78 Å². The number of para-hydroxylation sites is 2. The van der Waals surface area contributed by atoms with Crippen molar-refractivity contribution in [1.29, 1.82) is 0 Å². The maximum absolute atomic E-state index is 11.8. The van der Waals surface area contributed by atoms with Crippen LogP contribution in [0.2, 0.25) is 0 Å². The third-order valence-electron chi connectivity index (χ3n) is 4.60. The number of aryl methyl sites for hydroxylation is 1. The van der Waals surface area contributed by atoms with Gasteiger partial charge in [-0.2, -0.15) is 0 Å². The molecule has 3 rings (SSSR count). The maximum Gasteiger partial charge on any atom is 0.409 e. The van der Waals surface area contributed by atoms with Gasteiger partial charge in [-0.3, -0.25) is 4.99 Å². The van der Waals surface area contributed by atoms with Gasteiger partial charge in [0.1, 0.15) is 5.82 Å². The van der Waals surface area contributed by atoms with Crippen molar-refractivity contribution in [1.82, 2.24) is 24.7 Å². The van der Waals surface area contributed by atoms with Crippen LogP contribution in [0.1, 0.15) is 12.7 Å². The fourth-order valence-corrected chi connectivity index (χ4v) is 3.16. The lowest BCUT2D eigenvalue weighted by Gasteiger charge is -2.35. The van der Waals surface area contributed by atoms with Crippen molar-refractivity contribution in [3.63, 3.8) is 0 Å². The van der Waals surface area contributed by atoms with Gasteiger partial charge in [0, 0.05) is 40.3 Å². The van der Waals surface area contributed by atoms with Crippen LogP contribution in [0.3, 0.4) is 0 Å². The van der Waals surface area contributed by atoms with E-state index in [1.54, 1.807) is 11.9 Å². The van der Waals surface area contributed by atoms with E-state index in [1.807, 2.05) is 32.2 Å². The van der Waals surface area contributed by atoms with Crippen LogP contribution in [0.4, 0.5) is 4.79 Å². The Bertz CT molecular complexity index is 792. The number of carbonyl (C=O) groups excluding carboxylic acids is 1. The summed E-state index contributed by atoms with van der Waals surface area (Å²) in [6.07, 6.45) is -0.241. The number of rotatable bonds is 3. The highest BCUT2D eigenvalue weighted by atomic mass is 16.6. The Kier molecular flexibility index (Phi) is 5.60. The van der Waals surface area contributed by atoms with Gasteiger partial charge in [0.15, 0.2) is 5.96 Å². The number of nitrogens with one attached hydrogen (secondary N) is 1. The number of nitrogens with zero attached hydrogens (tertiary/aromatic N) is 5. The average molecular weight is 358 g/mol. The van der Waals surface area contributed by atoms with E-state index in [4.69, 9.17) is 4.74 Å². The lowest BCUT2D eigenvalue weighted by atomic mass is 10.3. The normalized spacial score (nSPS) is 15.4. The topological polar surface area (TPSA) is 75.0 Å². The second-order valence-electron chi connectivity index (χ2n) is 6.15. The molecule has 140 valence electrons. The van der Waals surface area contributed by atoms with Crippen LogP contribution in [0.5, 0.6) is 0 Å². The van der Waals surface area contributed by atoms with Gasteiger partial charge >= 0.3 is 6.09 Å². The largest absolute Gasteiger partial charge is 0.450 e. The maximum atomic E-state index is 11.8. The third-order valence-corrected chi connectivity index (χ3v) is 4.60. The second kappa shape index (κ2) is 8.07. The van der Waals surface area contributed by atoms with Crippen molar-refractivity contribution in [3.05, 3.63) is 30.1 Å². The van der Waals surface area contributed by atoms with Gasteiger partial charge in [0.2, 0.25) is 0 Å². The molecule has 1 N–H and O–H groups in total. The van der Waals surface area contributed by atoms with Crippen molar-refractivity contribution < 1.29 is 9.53 Å². The van der Waals surface area contributed by atoms with Crippen LogP contribution in [0, 0.1) is 0 Å². The quantitative estimate of drug-likeness (QED) is 0.663. The molecule has 0 atom stereocenters. The number of carbonyl (C=O) groups is 1. The number of aromatic nitrogens is 2. The highest BCUT2D eigenvalue weighted by Crippen LogP contribution is 2.14. The van der Waals surface area contributed by atoms with Crippen molar-refractivity contribution in [2.24, 2.45) is 12.0 Å². The molecule has 0 radical (unpaired) electrons. The van der Waals surface area contributed by atoms with E-state index in [1.165, 1.54) is 0 Å². The minimum Gasteiger partial charge on any atom is -0.450 e. The molecule has 1 aliphatic heterocycles. The summed E-state index contributed by atoms with van der Waals surface area (Å²) in [5.41, 5.74) is 2.10. The summed E-state index contributed by atoms with van der Waals surface area (Å²) in [7, 11) is 3.79. The molecule has 26 heavy (non-hydrogen) atoms. The summed E-state index contributed by atoms with van der Waals surface area (Å²) >= 11 is 0. The monoisotopic (exact) mass is 358 g/mol. The smallest absolute Gasteiger partial charge is 0.409 e. The van der Waals surface area contributed by atoms with Gasteiger partial charge in [-0.1, -0.05) is 12.1 Å². The zero-order valence-corrected chi connectivity index (χ0v) is 15.6. The first-order valence-corrected chi connectivity index (χ1v) is 8.91. The first kappa shape index (κ1) is 18.0. The first-order chi connectivity index (χ1) is 12.6. The lowest BCUT2D eigenvalue weighted by molar-refractivity contribution is 0.0914. The molecule has 1 fully saturated rings. The molecule has 1 aromatic carbocycles. The summed E-state index contributed by atoms with van der Waals surface area (Å²) in [6.45, 7) is 5.52. The van der Waals surface area contributed by atoms with E-state index in [2.05, 4.69) is 30.8 Å². The van der Waals surface area contributed by atoms with E-state index in [9.17, 15) is 4.79 Å². The molecule has 1 aromatic heterocycles. The van der Waals surface area contributed by atoms with Gasteiger partial charge in [0.25, 0.3) is 0 Å². The van der Waals surface area contributed by atoms with Gasteiger partial charge in [-0.05, 0) is 19.1 Å². The van der Waals surface area contributed by atoms with Gasteiger partial charge < -0.3 is 24.4 Å². The zero-order chi connectivity index (χ0) is 18.5. The predicted octanol–water partition coefficient (Wildman–Crippen LogP) is 1.42. The highest BCUT2D eigenvalue weighted by molar-refractivity contribution is 5.80. The molecular weight excluding hydrogens is 332 g/mol. The average Bonchev–Trinajstić information content (AvgIpc) is 2.99. The Morgan fingerprint density at radius 3 is 2.58 bits per heavy atom. The Morgan fingerprint density at radius 1 is 1.23 bits per heavy atom. The van der Waals surface area contributed by atoms with E-state index >= 15 is 0 Å². The lowest BCUT2D eigenvalue weighted by Crippen LogP contribution is -2.53. The van der Waals surface area contributed by atoms with Crippen LogP contribution >= 0.6 is 0 Å². The number of amides is 1. The molecule has 0 aliphatic carbocycles. The number of aliphatic imine (C=N–C) groups is 1. The minimum atomic E-state index is -0.241. The number of guanidine groups is 1. The predicted molar refractivity (Wildman–Crippen MR) is 101 cm³/mol. The summed E-state index contributed by atoms with van der Waals surface area (Å²) in [6, 6.07) is 8.09. The van der Waals surface area contributed by atoms with Crippen LogP contribution in [0.25, 0.3) is 11.0 Å². The minimum absolute atomic E-state index is 0.241. The molecule has 0 bridgehead atoms. The fraction of sp³-hybridized carbons (Fsp3) is 0.500. The van der Waals surface area contributed by atoms with Crippen molar-refractivity contribution >= 4 is 23.1 Å². The number of imidazole rings is 1. The van der Waals surface area contributed by atoms with E-state index < -0.39 is 0 Å². The molecule has 8 nitrogen and oxygen atoms in total. The summed E-state index contributed by atoms with van der Waals surface area (Å²) in [5.74, 6) is 1.78. The number of hydrogen-bond acceptors (Lipinski definition) is 4. The second-order valence-corrected chi connectivity index (χ2v) is 6.15. The standard InChI is InChI=1S/C18H26N6O2/c1-4-26-18(25)24-11-9-23(10-12-24)17(19-2)20-13-16-21-14-7-5-6-8-15(14)22(16)3/h5-8H,4,9-13H2,1-3H3,(H,19,20). The van der Waals surface area contributed by atoms with Crippen LogP contribution in [-0.2, 0) is 18.3 Å². The van der Waals surface area contributed by atoms with Gasteiger partial charge in [-0.15, -0.1) is 0 Å². The molecular formula is C18H26N6O2. The molecule has 8 heteroatoms. The SMILES string of the molecule is CCOC(=O)N1CCN(C(=NC)NCc2nc3ccccc3n2C)CC1. The van der Waals surface area contributed by atoms with Crippen LogP contribution in [-0.4, -0.2) is 71.2 Å². The Morgan fingerprint density at radius 2 is 1.92 bits per heavy atom.